The molecule has 2 rings (SSSR count). The summed E-state index contributed by atoms with van der Waals surface area (Å²) in [6.07, 6.45) is 0.760. The number of nitrogens with zero attached hydrogens (tertiary/aromatic N) is 2. The van der Waals surface area contributed by atoms with E-state index in [2.05, 4.69) is 10.1 Å². The number of aromatic nitrogens is 2. The molecule has 2 aromatic rings. The largest absolute Gasteiger partial charge is 0.469 e. The van der Waals surface area contributed by atoms with Crippen LogP contribution in [0.2, 0.25) is 0 Å². The van der Waals surface area contributed by atoms with E-state index in [4.69, 9.17) is 0 Å². The number of fused-ring (bicyclic) bond motifs is 1. The van der Waals surface area contributed by atoms with Crippen molar-refractivity contribution in [3.63, 3.8) is 0 Å². The molecule has 0 saturated heterocycles. The molecule has 23 heavy (non-hydrogen) atoms. The fourth-order valence-electron chi connectivity index (χ4n) is 2.49. The second-order valence-corrected chi connectivity index (χ2v) is 5.13. The Morgan fingerprint density at radius 3 is 2.43 bits per heavy atom. The van der Waals surface area contributed by atoms with Crippen molar-refractivity contribution >= 4 is 22.9 Å². The van der Waals surface area contributed by atoms with Gasteiger partial charge in [-0.1, -0.05) is 12.1 Å². The number of nitrogens with one attached hydrogen (secondary N) is 1. The quantitative estimate of drug-likeness (QED) is 0.607. The smallest absolute Gasteiger partial charge is 0.329 e. The van der Waals surface area contributed by atoms with E-state index in [1.54, 1.807) is 4.57 Å². The summed E-state index contributed by atoms with van der Waals surface area (Å²) in [5, 5.41) is 2.71. The van der Waals surface area contributed by atoms with Crippen molar-refractivity contribution in [3.8, 4) is 0 Å². The second-order valence-electron chi connectivity index (χ2n) is 5.13. The normalized spacial score (nSPS) is 10.7. The van der Waals surface area contributed by atoms with Gasteiger partial charge in [0.1, 0.15) is 6.54 Å². The summed E-state index contributed by atoms with van der Waals surface area (Å²) < 4.78 is 7.64. The molecule has 1 N–H and O–H groups in total. The third-order valence-electron chi connectivity index (χ3n) is 3.65. The predicted octanol–water partition coefficient (Wildman–Crippen LogP) is 0.892. The maximum Gasteiger partial charge on any atom is 0.329 e. The number of esters is 1. The molecule has 0 spiro atoms. The van der Waals surface area contributed by atoms with Crippen LogP contribution in [0.25, 0.3) is 11.0 Å². The van der Waals surface area contributed by atoms with Gasteiger partial charge in [0.05, 0.1) is 18.1 Å². The lowest BCUT2D eigenvalue weighted by Crippen LogP contribution is -2.33. The number of benzene rings is 1. The zero-order valence-electron chi connectivity index (χ0n) is 13.4. The van der Waals surface area contributed by atoms with Gasteiger partial charge in [0, 0.05) is 19.5 Å². The molecule has 0 atom stereocenters. The lowest BCUT2D eigenvalue weighted by Gasteiger charge is -2.06. The summed E-state index contributed by atoms with van der Waals surface area (Å²) in [4.78, 5) is 35.4. The Kier molecular flexibility index (Phi) is 5.56. The molecular formula is C16H21N3O4. The van der Waals surface area contributed by atoms with Crippen LogP contribution < -0.4 is 11.0 Å². The predicted molar refractivity (Wildman–Crippen MR) is 86.1 cm³/mol. The lowest BCUT2D eigenvalue weighted by atomic mass is 10.3. The number of imidazole rings is 1. The Bertz CT molecular complexity index is 760. The van der Waals surface area contributed by atoms with Crippen molar-refractivity contribution in [2.24, 2.45) is 0 Å². The maximum atomic E-state index is 12.4. The van der Waals surface area contributed by atoms with Crippen molar-refractivity contribution in [1.29, 1.82) is 0 Å². The first kappa shape index (κ1) is 16.8. The third-order valence-corrected chi connectivity index (χ3v) is 3.65. The van der Waals surface area contributed by atoms with Gasteiger partial charge in [-0.05, 0) is 25.5 Å². The average Bonchev–Trinajstić information content (AvgIpc) is 2.83. The number of amides is 1. The van der Waals surface area contributed by atoms with E-state index in [0.717, 1.165) is 11.0 Å². The van der Waals surface area contributed by atoms with Gasteiger partial charge in [-0.25, -0.2) is 4.79 Å². The summed E-state index contributed by atoms with van der Waals surface area (Å²) >= 11 is 0. The van der Waals surface area contributed by atoms with E-state index in [1.165, 1.54) is 11.7 Å². The maximum absolute atomic E-state index is 12.4. The highest BCUT2D eigenvalue weighted by Gasteiger charge is 2.14. The van der Waals surface area contributed by atoms with Gasteiger partial charge in [0.2, 0.25) is 5.91 Å². The number of hydrogen-bond acceptors (Lipinski definition) is 4. The highest BCUT2D eigenvalue weighted by Crippen LogP contribution is 2.12. The number of para-hydroxylation sites is 2. The number of rotatable bonds is 7. The SMILES string of the molecule is CCn1c(=O)n(CC(=O)NCCCC(=O)OC)c2ccccc21. The first-order valence-corrected chi connectivity index (χ1v) is 7.60. The Morgan fingerprint density at radius 2 is 1.83 bits per heavy atom. The van der Waals surface area contributed by atoms with E-state index >= 15 is 0 Å². The summed E-state index contributed by atoms with van der Waals surface area (Å²) in [7, 11) is 1.33. The number of carbonyl (C=O) groups is 2. The molecule has 1 amide bonds. The molecule has 0 saturated carbocycles. The molecule has 1 aromatic carbocycles. The molecule has 0 bridgehead atoms. The minimum atomic E-state index is -0.304. The number of carbonyl (C=O) groups excluding carboxylic acids is 2. The van der Waals surface area contributed by atoms with Gasteiger partial charge < -0.3 is 10.1 Å². The number of ether oxygens (including phenoxy) is 1. The number of aryl methyl sites for hydroxylation is 1. The van der Waals surface area contributed by atoms with Crippen LogP contribution in [-0.4, -0.2) is 34.7 Å². The van der Waals surface area contributed by atoms with Crippen molar-refractivity contribution in [1.82, 2.24) is 14.5 Å². The van der Waals surface area contributed by atoms with E-state index < -0.39 is 0 Å². The molecule has 0 aliphatic rings. The monoisotopic (exact) mass is 319 g/mol. The van der Waals surface area contributed by atoms with Crippen LogP contribution in [0.5, 0.6) is 0 Å². The second kappa shape index (κ2) is 7.62. The zero-order valence-corrected chi connectivity index (χ0v) is 13.4. The Balaban J connectivity index is 2.04. The average molecular weight is 319 g/mol. The fraction of sp³-hybridized carbons (Fsp3) is 0.438. The number of methoxy groups -OCH3 is 1. The fourth-order valence-corrected chi connectivity index (χ4v) is 2.49. The van der Waals surface area contributed by atoms with Gasteiger partial charge in [-0.3, -0.25) is 18.7 Å². The van der Waals surface area contributed by atoms with Crippen molar-refractivity contribution in [2.75, 3.05) is 13.7 Å². The molecule has 1 aromatic heterocycles. The van der Waals surface area contributed by atoms with Crippen molar-refractivity contribution < 1.29 is 14.3 Å². The van der Waals surface area contributed by atoms with E-state index in [-0.39, 0.29) is 30.5 Å². The first-order chi connectivity index (χ1) is 11.1. The van der Waals surface area contributed by atoms with Crippen LogP contribution in [-0.2, 0) is 27.4 Å². The molecule has 0 aliphatic heterocycles. The van der Waals surface area contributed by atoms with Crippen LogP contribution in [0.15, 0.2) is 29.1 Å². The highest BCUT2D eigenvalue weighted by molar-refractivity contribution is 5.81. The molecule has 7 nitrogen and oxygen atoms in total. The van der Waals surface area contributed by atoms with E-state index in [9.17, 15) is 14.4 Å². The van der Waals surface area contributed by atoms with Gasteiger partial charge in [0.25, 0.3) is 0 Å². The Morgan fingerprint density at radius 1 is 1.17 bits per heavy atom. The van der Waals surface area contributed by atoms with E-state index in [1.807, 2.05) is 31.2 Å². The van der Waals surface area contributed by atoms with Gasteiger partial charge in [0.15, 0.2) is 0 Å². The van der Waals surface area contributed by atoms with E-state index in [0.29, 0.717) is 19.5 Å². The minimum Gasteiger partial charge on any atom is -0.469 e. The van der Waals surface area contributed by atoms with Crippen LogP contribution in [0.1, 0.15) is 19.8 Å². The summed E-state index contributed by atoms with van der Waals surface area (Å²) in [5.41, 5.74) is 1.36. The van der Waals surface area contributed by atoms with Crippen LogP contribution in [0.3, 0.4) is 0 Å². The molecule has 124 valence electrons. The molecule has 0 unspecified atom stereocenters. The summed E-state index contributed by atoms with van der Waals surface area (Å²) in [5.74, 6) is -0.558. The molecule has 0 fully saturated rings. The van der Waals surface area contributed by atoms with Crippen molar-refractivity contribution in [2.45, 2.75) is 32.9 Å². The molecule has 7 heteroatoms. The van der Waals surface area contributed by atoms with Crippen LogP contribution in [0, 0.1) is 0 Å². The number of hydrogen-bond donors (Lipinski definition) is 1. The minimum absolute atomic E-state index is 0.0371. The van der Waals surface area contributed by atoms with Crippen LogP contribution >= 0.6 is 0 Å². The summed E-state index contributed by atoms with van der Waals surface area (Å²) in [6, 6.07) is 7.40. The van der Waals surface area contributed by atoms with Gasteiger partial charge >= 0.3 is 11.7 Å². The Hall–Kier alpha value is -2.57. The van der Waals surface area contributed by atoms with Crippen LogP contribution in [0.4, 0.5) is 0 Å². The zero-order chi connectivity index (χ0) is 16.8. The first-order valence-electron chi connectivity index (χ1n) is 7.60. The molecule has 1 heterocycles. The van der Waals surface area contributed by atoms with Gasteiger partial charge in [-0.2, -0.15) is 0 Å². The Labute approximate surface area is 133 Å². The molecular weight excluding hydrogens is 298 g/mol. The molecule has 0 radical (unpaired) electrons. The third kappa shape index (κ3) is 3.80. The molecule has 0 aliphatic carbocycles. The highest BCUT2D eigenvalue weighted by atomic mass is 16.5. The standard InChI is InChI=1S/C16H21N3O4/c1-3-18-12-7-4-5-8-13(12)19(16(18)22)11-14(20)17-10-6-9-15(21)23-2/h4-5,7-8H,3,6,9-11H2,1-2H3,(H,17,20). The summed E-state index contributed by atoms with van der Waals surface area (Å²) in [6.45, 7) is 2.78. The topological polar surface area (TPSA) is 82.3 Å². The van der Waals surface area contributed by atoms with Gasteiger partial charge in [-0.15, -0.1) is 0 Å². The van der Waals surface area contributed by atoms with Crippen molar-refractivity contribution in [3.05, 3.63) is 34.7 Å². The lowest BCUT2D eigenvalue weighted by molar-refractivity contribution is -0.140.